The first-order valence-electron chi connectivity index (χ1n) is 2.33. The lowest BCUT2D eigenvalue weighted by Crippen LogP contribution is -2.12. The predicted molar refractivity (Wildman–Crippen MR) is 33.9 cm³/mol. The second-order valence-electron chi connectivity index (χ2n) is 1.49. The summed E-state index contributed by atoms with van der Waals surface area (Å²) in [5, 5.41) is 10.2. The molecule has 0 aliphatic carbocycles. The number of nitrogens with zero attached hydrogens (tertiary/aromatic N) is 2. The first-order valence-corrected chi connectivity index (χ1v) is 3.37. The molecule has 0 fully saturated rings. The van der Waals surface area contributed by atoms with Crippen LogP contribution in [0.1, 0.15) is 0 Å². The lowest BCUT2D eigenvalue weighted by Gasteiger charge is -2.06. The molecule has 0 saturated heterocycles. The molecule has 42 valence electrons. The Bertz CT molecular complexity index is 136. The standard InChI is InChI=1S/C5H6N2S/c6-1-2-7-3-4-8-5-7/h3-4H,2,5H2. The Kier molecular flexibility index (Phi) is 1.81. The minimum absolute atomic E-state index is 0.517. The Balaban J connectivity index is 2.28. The van der Waals surface area contributed by atoms with Crippen molar-refractivity contribution in [2.24, 2.45) is 0 Å². The fourth-order valence-electron chi connectivity index (χ4n) is 0.500. The molecule has 0 saturated carbocycles. The summed E-state index contributed by atoms with van der Waals surface area (Å²) in [5.74, 6) is 0.938. The molecule has 3 heteroatoms. The van der Waals surface area contributed by atoms with Gasteiger partial charge in [0.1, 0.15) is 6.54 Å². The average Bonchev–Trinajstić information content (AvgIpc) is 2.19. The zero-order valence-corrected chi connectivity index (χ0v) is 5.19. The molecule has 0 N–H and O–H groups in total. The number of hydrogen-bond acceptors (Lipinski definition) is 3. The third kappa shape index (κ3) is 1.17. The lowest BCUT2D eigenvalue weighted by molar-refractivity contribution is 0.504. The summed E-state index contributed by atoms with van der Waals surface area (Å²) in [7, 11) is 0. The molecule has 1 aliphatic heterocycles. The van der Waals surface area contributed by atoms with E-state index in [0.717, 1.165) is 5.88 Å². The number of nitriles is 1. The van der Waals surface area contributed by atoms with Gasteiger partial charge in [-0.25, -0.2) is 0 Å². The van der Waals surface area contributed by atoms with Gasteiger partial charge in [0.05, 0.1) is 11.9 Å². The lowest BCUT2D eigenvalue weighted by atomic mass is 10.6. The summed E-state index contributed by atoms with van der Waals surface area (Å²) >= 11 is 1.72. The van der Waals surface area contributed by atoms with E-state index in [1.54, 1.807) is 11.8 Å². The first-order chi connectivity index (χ1) is 3.93. The topological polar surface area (TPSA) is 27.0 Å². The minimum Gasteiger partial charge on any atom is -0.354 e. The monoisotopic (exact) mass is 126 g/mol. The van der Waals surface area contributed by atoms with Crippen LogP contribution >= 0.6 is 11.8 Å². The third-order valence-corrected chi connectivity index (χ3v) is 1.68. The quantitative estimate of drug-likeness (QED) is 0.490. The van der Waals surface area contributed by atoms with Crippen molar-refractivity contribution >= 4 is 11.8 Å². The summed E-state index contributed by atoms with van der Waals surface area (Å²) in [6.45, 7) is 0.517. The second-order valence-corrected chi connectivity index (χ2v) is 2.35. The largest absolute Gasteiger partial charge is 0.354 e. The zero-order chi connectivity index (χ0) is 5.82. The summed E-state index contributed by atoms with van der Waals surface area (Å²) in [5.41, 5.74) is 0. The van der Waals surface area contributed by atoms with Gasteiger partial charge in [-0.15, -0.1) is 11.8 Å². The van der Waals surface area contributed by atoms with E-state index in [1.165, 1.54) is 0 Å². The maximum atomic E-state index is 8.19. The van der Waals surface area contributed by atoms with E-state index >= 15 is 0 Å². The molecular weight excluding hydrogens is 120 g/mol. The number of thioether (sulfide) groups is 1. The fraction of sp³-hybridized carbons (Fsp3) is 0.400. The first kappa shape index (κ1) is 5.52. The highest BCUT2D eigenvalue weighted by atomic mass is 32.2. The van der Waals surface area contributed by atoms with Crippen LogP contribution in [-0.4, -0.2) is 17.3 Å². The molecular formula is C5H6N2S. The normalized spacial score (nSPS) is 16.6. The number of hydrogen-bond donors (Lipinski definition) is 0. The van der Waals surface area contributed by atoms with Crippen LogP contribution in [0.25, 0.3) is 0 Å². The van der Waals surface area contributed by atoms with Crippen molar-refractivity contribution in [1.29, 1.82) is 5.26 Å². The number of rotatable bonds is 1. The van der Waals surface area contributed by atoms with E-state index in [0.29, 0.717) is 6.54 Å². The molecule has 2 nitrogen and oxygen atoms in total. The van der Waals surface area contributed by atoms with Crippen molar-refractivity contribution in [2.45, 2.75) is 0 Å². The van der Waals surface area contributed by atoms with Gasteiger partial charge >= 0.3 is 0 Å². The maximum Gasteiger partial charge on any atom is 0.106 e. The molecule has 0 aromatic heterocycles. The Hall–Kier alpha value is -0.620. The van der Waals surface area contributed by atoms with Crippen molar-refractivity contribution < 1.29 is 0 Å². The van der Waals surface area contributed by atoms with E-state index in [2.05, 4.69) is 6.07 Å². The van der Waals surface area contributed by atoms with Crippen LogP contribution in [0, 0.1) is 11.3 Å². The van der Waals surface area contributed by atoms with Crippen LogP contribution in [-0.2, 0) is 0 Å². The third-order valence-electron chi connectivity index (χ3n) is 0.882. The molecule has 1 aliphatic rings. The summed E-state index contributed by atoms with van der Waals surface area (Å²) in [4.78, 5) is 1.96. The van der Waals surface area contributed by atoms with Gasteiger partial charge in [-0.2, -0.15) is 5.26 Å². The molecule has 0 bridgehead atoms. The SMILES string of the molecule is N#CCN1C=CSC1. The predicted octanol–water partition coefficient (Wildman–Crippen LogP) is 0.987. The van der Waals surface area contributed by atoms with Gasteiger partial charge in [-0.3, -0.25) is 0 Å². The van der Waals surface area contributed by atoms with Gasteiger partial charge in [0.2, 0.25) is 0 Å². The van der Waals surface area contributed by atoms with Crippen molar-refractivity contribution in [3.05, 3.63) is 11.6 Å². The van der Waals surface area contributed by atoms with Crippen LogP contribution in [0.2, 0.25) is 0 Å². The van der Waals surface area contributed by atoms with Gasteiger partial charge in [-0.05, 0) is 5.41 Å². The molecule has 0 amide bonds. The summed E-state index contributed by atoms with van der Waals surface area (Å²) < 4.78 is 0. The maximum absolute atomic E-state index is 8.19. The molecule has 1 heterocycles. The van der Waals surface area contributed by atoms with E-state index < -0.39 is 0 Å². The van der Waals surface area contributed by atoms with Crippen molar-refractivity contribution in [3.8, 4) is 6.07 Å². The molecule has 0 aromatic rings. The van der Waals surface area contributed by atoms with Crippen LogP contribution in [0.3, 0.4) is 0 Å². The molecule has 0 spiro atoms. The highest BCUT2D eigenvalue weighted by molar-refractivity contribution is 8.02. The van der Waals surface area contributed by atoms with E-state index in [9.17, 15) is 0 Å². The van der Waals surface area contributed by atoms with E-state index in [1.807, 2.05) is 16.5 Å². The van der Waals surface area contributed by atoms with Gasteiger partial charge in [0.25, 0.3) is 0 Å². The minimum atomic E-state index is 0.517. The van der Waals surface area contributed by atoms with Gasteiger partial charge in [-0.1, -0.05) is 0 Å². The zero-order valence-electron chi connectivity index (χ0n) is 4.37. The van der Waals surface area contributed by atoms with Gasteiger partial charge < -0.3 is 4.90 Å². The summed E-state index contributed by atoms with van der Waals surface area (Å²) in [6.07, 6.45) is 1.94. The van der Waals surface area contributed by atoms with Crippen molar-refractivity contribution in [1.82, 2.24) is 4.90 Å². The fourth-order valence-corrected chi connectivity index (χ4v) is 1.21. The van der Waals surface area contributed by atoms with Crippen LogP contribution < -0.4 is 0 Å². The second kappa shape index (κ2) is 2.63. The Morgan fingerprint density at radius 1 is 1.88 bits per heavy atom. The summed E-state index contributed by atoms with van der Waals surface area (Å²) in [6, 6.07) is 2.07. The highest BCUT2D eigenvalue weighted by Gasteiger charge is 2.00. The molecule has 0 aromatic carbocycles. The average molecular weight is 126 g/mol. The van der Waals surface area contributed by atoms with Crippen molar-refractivity contribution in [3.63, 3.8) is 0 Å². The highest BCUT2D eigenvalue weighted by Crippen LogP contribution is 2.13. The Morgan fingerprint density at radius 2 is 2.75 bits per heavy atom. The molecule has 0 radical (unpaired) electrons. The molecule has 0 unspecified atom stereocenters. The van der Waals surface area contributed by atoms with E-state index in [-0.39, 0.29) is 0 Å². The van der Waals surface area contributed by atoms with Gasteiger partial charge in [0, 0.05) is 6.20 Å². The van der Waals surface area contributed by atoms with Crippen LogP contribution in [0.4, 0.5) is 0 Å². The van der Waals surface area contributed by atoms with Crippen molar-refractivity contribution in [2.75, 3.05) is 12.4 Å². The smallest absolute Gasteiger partial charge is 0.106 e. The Labute approximate surface area is 52.8 Å². The van der Waals surface area contributed by atoms with Crippen LogP contribution in [0.15, 0.2) is 11.6 Å². The molecule has 8 heavy (non-hydrogen) atoms. The molecule has 1 rings (SSSR count). The van der Waals surface area contributed by atoms with Crippen LogP contribution in [0.5, 0.6) is 0 Å². The van der Waals surface area contributed by atoms with Gasteiger partial charge in [0.15, 0.2) is 0 Å². The Morgan fingerprint density at radius 3 is 3.25 bits per heavy atom. The molecule has 0 atom stereocenters. The van der Waals surface area contributed by atoms with E-state index in [4.69, 9.17) is 5.26 Å².